The highest BCUT2D eigenvalue weighted by atomic mass is 16.5. The molecule has 23 heavy (non-hydrogen) atoms. The molecule has 0 saturated carbocycles. The predicted octanol–water partition coefficient (Wildman–Crippen LogP) is 0.691. The number of piperidine rings is 1. The summed E-state index contributed by atoms with van der Waals surface area (Å²) in [6.45, 7) is 6.41. The average molecular weight is 319 g/mol. The lowest BCUT2D eigenvalue weighted by Crippen LogP contribution is -2.48. The summed E-state index contributed by atoms with van der Waals surface area (Å²) in [7, 11) is 0. The van der Waals surface area contributed by atoms with Gasteiger partial charge in [0, 0.05) is 18.9 Å². The van der Waals surface area contributed by atoms with Crippen LogP contribution in [0.15, 0.2) is 12.4 Å². The van der Waals surface area contributed by atoms with Crippen molar-refractivity contribution in [1.82, 2.24) is 19.8 Å². The van der Waals surface area contributed by atoms with Crippen molar-refractivity contribution >= 4 is 11.7 Å². The molecular weight excluding hydrogens is 294 g/mol. The van der Waals surface area contributed by atoms with Crippen molar-refractivity contribution in [3.63, 3.8) is 0 Å². The summed E-state index contributed by atoms with van der Waals surface area (Å²) in [5, 5.41) is 0. The average Bonchev–Trinajstić information content (AvgIpc) is 2.57. The van der Waals surface area contributed by atoms with Gasteiger partial charge < -0.3 is 15.4 Å². The molecule has 0 bridgehead atoms. The molecular formula is C16H25N5O2. The Kier molecular flexibility index (Phi) is 5.07. The van der Waals surface area contributed by atoms with Crippen LogP contribution in [0.5, 0.6) is 0 Å². The molecule has 0 aromatic carbocycles. The zero-order valence-electron chi connectivity index (χ0n) is 13.6. The van der Waals surface area contributed by atoms with E-state index in [2.05, 4.69) is 21.8 Å². The fourth-order valence-electron chi connectivity index (χ4n) is 3.16. The van der Waals surface area contributed by atoms with Gasteiger partial charge in [-0.05, 0) is 31.8 Å². The van der Waals surface area contributed by atoms with Crippen LogP contribution in [0.25, 0.3) is 0 Å². The first-order valence-corrected chi connectivity index (χ1v) is 8.31. The van der Waals surface area contributed by atoms with Crippen molar-refractivity contribution in [1.29, 1.82) is 0 Å². The summed E-state index contributed by atoms with van der Waals surface area (Å²) in [6, 6.07) is 0. The highest BCUT2D eigenvalue weighted by molar-refractivity contribution is 5.78. The lowest BCUT2D eigenvalue weighted by atomic mass is 9.99. The number of amides is 1. The molecule has 7 heteroatoms. The normalized spacial score (nSPS) is 23.9. The number of hydrogen-bond acceptors (Lipinski definition) is 6. The zero-order chi connectivity index (χ0) is 16.2. The van der Waals surface area contributed by atoms with Gasteiger partial charge in [-0.2, -0.15) is 0 Å². The highest BCUT2D eigenvalue weighted by Crippen LogP contribution is 2.24. The molecule has 0 aliphatic carbocycles. The molecule has 2 aliphatic rings. The zero-order valence-corrected chi connectivity index (χ0v) is 13.6. The second-order valence-electron chi connectivity index (χ2n) is 6.48. The Morgan fingerprint density at radius 1 is 1.30 bits per heavy atom. The van der Waals surface area contributed by atoms with Crippen LogP contribution in [0.2, 0.25) is 0 Å². The van der Waals surface area contributed by atoms with Crippen LogP contribution in [-0.4, -0.2) is 65.0 Å². The Balaban J connectivity index is 1.58. The third kappa shape index (κ3) is 3.97. The van der Waals surface area contributed by atoms with Gasteiger partial charge in [0.15, 0.2) is 0 Å². The number of hydrogen-bond donors (Lipinski definition) is 1. The van der Waals surface area contributed by atoms with Gasteiger partial charge in [0.2, 0.25) is 5.91 Å². The SMILES string of the molecule is CC1CCN(CC(=O)N2CCO[C@@H](c3nccnc3N)C2)CC1. The molecule has 3 heterocycles. The van der Waals surface area contributed by atoms with E-state index in [1.54, 1.807) is 12.4 Å². The third-order valence-electron chi connectivity index (χ3n) is 4.72. The fraction of sp³-hybridized carbons (Fsp3) is 0.688. The molecule has 2 N–H and O–H groups in total. The molecule has 7 nitrogen and oxygen atoms in total. The molecule has 1 amide bonds. The van der Waals surface area contributed by atoms with Crippen molar-refractivity contribution in [2.75, 3.05) is 45.1 Å². The number of carbonyl (C=O) groups excluding carboxylic acids is 1. The molecule has 2 fully saturated rings. The molecule has 1 atom stereocenters. The monoisotopic (exact) mass is 319 g/mol. The maximum absolute atomic E-state index is 12.6. The van der Waals surface area contributed by atoms with Gasteiger partial charge in [-0.1, -0.05) is 6.92 Å². The van der Waals surface area contributed by atoms with Crippen LogP contribution in [0.4, 0.5) is 5.82 Å². The van der Waals surface area contributed by atoms with Crippen LogP contribution >= 0.6 is 0 Å². The molecule has 0 unspecified atom stereocenters. The second-order valence-corrected chi connectivity index (χ2v) is 6.48. The summed E-state index contributed by atoms with van der Waals surface area (Å²) in [5.74, 6) is 1.31. The van der Waals surface area contributed by atoms with E-state index in [9.17, 15) is 4.79 Å². The minimum Gasteiger partial charge on any atom is -0.382 e. The lowest BCUT2D eigenvalue weighted by Gasteiger charge is -2.35. The summed E-state index contributed by atoms with van der Waals surface area (Å²) in [5.41, 5.74) is 6.49. The molecule has 126 valence electrons. The maximum Gasteiger partial charge on any atom is 0.236 e. The number of nitrogens with zero attached hydrogens (tertiary/aromatic N) is 4. The third-order valence-corrected chi connectivity index (χ3v) is 4.72. The number of aromatic nitrogens is 2. The molecule has 1 aromatic rings. The van der Waals surface area contributed by atoms with Gasteiger partial charge in [-0.15, -0.1) is 0 Å². The Hall–Kier alpha value is -1.73. The first kappa shape index (κ1) is 16.1. The van der Waals surface area contributed by atoms with Gasteiger partial charge in [0.05, 0.1) is 19.7 Å². The highest BCUT2D eigenvalue weighted by Gasteiger charge is 2.29. The number of ether oxygens (including phenoxy) is 1. The number of carbonyl (C=O) groups is 1. The molecule has 0 radical (unpaired) electrons. The smallest absolute Gasteiger partial charge is 0.236 e. The Morgan fingerprint density at radius 3 is 2.78 bits per heavy atom. The van der Waals surface area contributed by atoms with E-state index >= 15 is 0 Å². The molecule has 1 aromatic heterocycles. The number of nitrogens with two attached hydrogens (primary N) is 1. The Morgan fingerprint density at radius 2 is 2.04 bits per heavy atom. The first-order valence-electron chi connectivity index (χ1n) is 8.31. The van der Waals surface area contributed by atoms with Gasteiger partial charge in [0.25, 0.3) is 0 Å². The first-order chi connectivity index (χ1) is 11.1. The van der Waals surface area contributed by atoms with Gasteiger partial charge in [-0.25, -0.2) is 4.98 Å². The van der Waals surface area contributed by atoms with Crippen molar-refractivity contribution in [2.45, 2.75) is 25.9 Å². The molecule has 3 rings (SSSR count). The minimum atomic E-state index is -0.289. The van der Waals surface area contributed by atoms with Gasteiger partial charge in [0.1, 0.15) is 17.6 Å². The largest absolute Gasteiger partial charge is 0.382 e. The summed E-state index contributed by atoms with van der Waals surface area (Å²) in [6.07, 6.45) is 5.22. The van der Waals surface area contributed by atoms with E-state index in [0.29, 0.717) is 37.8 Å². The summed E-state index contributed by atoms with van der Waals surface area (Å²) >= 11 is 0. The van der Waals surface area contributed by atoms with Crippen LogP contribution < -0.4 is 5.73 Å². The molecule has 2 saturated heterocycles. The maximum atomic E-state index is 12.6. The van der Waals surface area contributed by atoms with Gasteiger partial charge in [-0.3, -0.25) is 14.7 Å². The number of rotatable bonds is 3. The van der Waals surface area contributed by atoms with Crippen molar-refractivity contribution < 1.29 is 9.53 Å². The molecule has 2 aliphatic heterocycles. The van der Waals surface area contributed by atoms with Crippen LogP contribution in [0.3, 0.4) is 0 Å². The van der Waals surface area contributed by atoms with Crippen LogP contribution in [0, 0.1) is 5.92 Å². The van der Waals surface area contributed by atoms with Crippen LogP contribution in [-0.2, 0) is 9.53 Å². The standard InChI is InChI=1S/C16H25N5O2/c1-12-2-6-20(7-3-12)11-14(22)21-8-9-23-13(10-21)15-16(17)19-5-4-18-15/h4-5,12-13H,2-3,6-11H2,1H3,(H2,17,19)/t13-/m1/s1. The van der Waals surface area contributed by atoms with E-state index in [-0.39, 0.29) is 12.0 Å². The minimum absolute atomic E-state index is 0.162. The number of morpholine rings is 1. The Bertz CT molecular complexity index is 545. The van der Waals surface area contributed by atoms with Crippen LogP contribution in [0.1, 0.15) is 31.6 Å². The quantitative estimate of drug-likeness (QED) is 0.882. The van der Waals surface area contributed by atoms with E-state index in [0.717, 1.165) is 19.0 Å². The fourth-order valence-corrected chi connectivity index (χ4v) is 3.16. The lowest BCUT2D eigenvalue weighted by molar-refractivity contribution is -0.140. The predicted molar refractivity (Wildman–Crippen MR) is 86.6 cm³/mol. The second kappa shape index (κ2) is 7.23. The number of nitrogen functional groups attached to an aromatic ring is 1. The van der Waals surface area contributed by atoms with E-state index in [1.807, 2.05) is 4.90 Å². The Labute approximate surface area is 136 Å². The van der Waals surface area contributed by atoms with E-state index in [1.165, 1.54) is 12.8 Å². The summed E-state index contributed by atoms with van der Waals surface area (Å²) < 4.78 is 5.74. The number of anilines is 1. The van der Waals surface area contributed by atoms with Crippen molar-refractivity contribution in [3.8, 4) is 0 Å². The van der Waals surface area contributed by atoms with Gasteiger partial charge >= 0.3 is 0 Å². The summed E-state index contributed by atoms with van der Waals surface area (Å²) in [4.78, 5) is 25.0. The van der Waals surface area contributed by atoms with Crippen molar-refractivity contribution in [3.05, 3.63) is 18.1 Å². The topological polar surface area (TPSA) is 84.6 Å². The van der Waals surface area contributed by atoms with E-state index < -0.39 is 0 Å². The number of likely N-dealkylation sites (tertiary alicyclic amines) is 1. The van der Waals surface area contributed by atoms with E-state index in [4.69, 9.17) is 10.5 Å². The molecule has 0 spiro atoms. The van der Waals surface area contributed by atoms with Crippen molar-refractivity contribution in [2.24, 2.45) is 5.92 Å².